The highest BCUT2D eigenvalue weighted by Gasteiger charge is 2.25. The van der Waals surface area contributed by atoms with E-state index >= 15 is 0 Å². The predicted octanol–water partition coefficient (Wildman–Crippen LogP) is 8.57. The van der Waals surface area contributed by atoms with E-state index in [0.29, 0.717) is 5.92 Å². The lowest BCUT2D eigenvalue weighted by Gasteiger charge is -2.31. The first-order valence-corrected chi connectivity index (χ1v) is 11.8. The van der Waals surface area contributed by atoms with Crippen molar-refractivity contribution >= 4 is 0 Å². The van der Waals surface area contributed by atoms with E-state index in [9.17, 15) is 8.78 Å². The molecule has 2 fully saturated rings. The van der Waals surface area contributed by atoms with Gasteiger partial charge in [-0.3, -0.25) is 0 Å². The van der Waals surface area contributed by atoms with Gasteiger partial charge in [-0.15, -0.1) is 0 Å². The minimum atomic E-state index is -0.733. The molecule has 3 rings (SSSR count). The quantitative estimate of drug-likeness (QED) is 0.309. The van der Waals surface area contributed by atoms with Crippen LogP contribution in [0.1, 0.15) is 102 Å². The summed E-state index contributed by atoms with van der Waals surface area (Å²) in [6, 6.07) is 4.47. The Bertz CT molecular complexity index is 605. The molecule has 0 amide bonds. The second-order valence-corrected chi connectivity index (χ2v) is 9.32. The van der Waals surface area contributed by atoms with Crippen LogP contribution in [0.15, 0.2) is 30.4 Å². The highest BCUT2D eigenvalue weighted by Crippen LogP contribution is 2.40. The molecule has 0 nitrogen and oxygen atoms in total. The van der Waals surface area contributed by atoms with Gasteiger partial charge in [-0.25, -0.2) is 8.78 Å². The Morgan fingerprint density at radius 3 is 2.11 bits per heavy atom. The van der Waals surface area contributed by atoms with Crippen molar-refractivity contribution < 1.29 is 8.78 Å². The molecule has 156 valence electrons. The van der Waals surface area contributed by atoms with Gasteiger partial charge in [-0.2, -0.15) is 0 Å². The van der Waals surface area contributed by atoms with Gasteiger partial charge in [-0.05, 0) is 99.2 Å². The van der Waals surface area contributed by atoms with E-state index in [2.05, 4.69) is 19.1 Å². The number of rotatable bonds is 8. The molecule has 2 aliphatic rings. The summed E-state index contributed by atoms with van der Waals surface area (Å²) in [5, 5.41) is 0. The van der Waals surface area contributed by atoms with Gasteiger partial charge in [0.05, 0.1) is 0 Å². The summed E-state index contributed by atoms with van der Waals surface area (Å²) >= 11 is 0. The average molecular weight is 389 g/mol. The van der Waals surface area contributed by atoms with E-state index in [1.807, 2.05) is 0 Å². The molecule has 0 saturated heterocycles. The second kappa shape index (κ2) is 11.1. The van der Waals surface area contributed by atoms with Crippen LogP contribution < -0.4 is 0 Å². The largest absolute Gasteiger partial charge is 0.204 e. The van der Waals surface area contributed by atoms with E-state index < -0.39 is 11.6 Å². The number of halogens is 2. The van der Waals surface area contributed by atoms with Gasteiger partial charge in [0.15, 0.2) is 11.6 Å². The summed E-state index contributed by atoms with van der Waals surface area (Å²) in [7, 11) is 0. The van der Waals surface area contributed by atoms with Crippen LogP contribution in [0.25, 0.3) is 0 Å². The lowest BCUT2D eigenvalue weighted by molar-refractivity contribution is 0.246. The Morgan fingerprint density at radius 2 is 1.50 bits per heavy atom. The fraction of sp³-hybridized carbons (Fsp3) is 0.692. The number of hydrogen-bond acceptors (Lipinski definition) is 0. The van der Waals surface area contributed by atoms with Gasteiger partial charge in [0.25, 0.3) is 0 Å². The van der Waals surface area contributed by atoms with E-state index in [1.165, 1.54) is 82.8 Å². The molecule has 2 heteroatoms. The van der Waals surface area contributed by atoms with Crippen LogP contribution in [0.4, 0.5) is 8.78 Å². The minimum absolute atomic E-state index is 0.418. The molecular formula is C26H38F2. The number of hydrogen-bond donors (Lipinski definition) is 0. The average Bonchev–Trinajstić information content (AvgIpc) is 2.73. The highest BCUT2D eigenvalue weighted by atomic mass is 19.2. The van der Waals surface area contributed by atoms with Gasteiger partial charge in [0.1, 0.15) is 0 Å². The van der Waals surface area contributed by atoms with Crippen LogP contribution in [0.2, 0.25) is 0 Å². The Morgan fingerprint density at radius 1 is 0.857 bits per heavy atom. The molecule has 1 aromatic carbocycles. The normalized spacial score (nSPS) is 28.7. The summed E-state index contributed by atoms with van der Waals surface area (Å²) < 4.78 is 26.6. The van der Waals surface area contributed by atoms with Gasteiger partial charge in [0, 0.05) is 0 Å². The molecule has 0 heterocycles. The molecule has 0 aromatic heterocycles. The van der Waals surface area contributed by atoms with Gasteiger partial charge >= 0.3 is 0 Å². The maximum atomic E-state index is 13.5. The topological polar surface area (TPSA) is 0 Å². The van der Waals surface area contributed by atoms with Gasteiger partial charge in [-0.1, -0.05) is 50.8 Å². The van der Waals surface area contributed by atoms with Crippen molar-refractivity contribution in [1.29, 1.82) is 0 Å². The SMILES string of the molecule is CCCC/C=C/[C@H]1CC[C@H](CC[C@H]2CC[C@H](c3ccc(F)c(F)c3)CC2)CC1. The van der Waals surface area contributed by atoms with Crippen molar-refractivity contribution in [3.8, 4) is 0 Å². The third-order valence-electron chi connectivity index (χ3n) is 7.27. The zero-order valence-corrected chi connectivity index (χ0v) is 17.6. The van der Waals surface area contributed by atoms with Crippen molar-refractivity contribution in [2.75, 3.05) is 0 Å². The molecule has 0 aliphatic heterocycles. The molecule has 0 spiro atoms. The lowest BCUT2D eigenvalue weighted by atomic mass is 9.74. The zero-order valence-electron chi connectivity index (χ0n) is 17.6. The van der Waals surface area contributed by atoms with Crippen molar-refractivity contribution in [1.82, 2.24) is 0 Å². The third kappa shape index (κ3) is 6.42. The van der Waals surface area contributed by atoms with Crippen molar-refractivity contribution in [2.24, 2.45) is 17.8 Å². The molecule has 28 heavy (non-hydrogen) atoms. The Hall–Kier alpha value is -1.18. The maximum Gasteiger partial charge on any atom is 0.159 e. The van der Waals surface area contributed by atoms with E-state index in [-0.39, 0.29) is 0 Å². The summed E-state index contributed by atoms with van der Waals surface area (Å²) in [5.74, 6) is 1.59. The molecular weight excluding hydrogens is 350 g/mol. The molecule has 0 atom stereocenters. The lowest BCUT2D eigenvalue weighted by Crippen LogP contribution is -2.17. The van der Waals surface area contributed by atoms with E-state index in [0.717, 1.165) is 36.2 Å². The van der Waals surface area contributed by atoms with Crippen LogP contribution in [0, 0.1) is 29.4 Å². The Kier molecular flexibility index (Phi) is 8.55. The first-order chi connectivity index (χ1) is 13.7. The molecule has 1 aromatic rings. The van der Waals surface area contributed by atoms with Gasteiger partial charge in [0.2, 0.25) is 0 Å². The minimum Gasteiger partial charge on any atom is -0.204 e. The summed E-state index contributed by atoms with van der Waals surface area (Å²) in [6.07, 6.45) is 21.9. The number of benzene rings is 1. The third-order valence-corrected chi connectivity index (χ3v) is 7.27. The van der Waals surface area contributed by atoms with E-state index in [1.54, 1.807) is 6.07 Å². The van der Waals surface area contributed by atoms with Crippen LogP contribution in [-0.2, 0) is 0 Å². The second-order valence-electron chi connectivity index (χ2n) is 9.32. The molecule has 2 saturated carbocycles. The molecule has 0 radical (unpaired) electrons. The zero-order chi connectivity index (χ0) is 19.8. The summed E-state index contributed by atoms with van der Waals surface area (Å²) in [5.41, 5.74) is 0.989. The molecule has 0 bridgehead atoms. The van der Waals surface area contributed by atoms with Gasteiger partial charge < -0.3 is 0 Å². The molecule has 0 unspecified atom stereocenters. The van der Waals surface area contributed by atoms with Crippen LogP contribution in [-0.4, -0.2) is 0 Å². The fourth-order valence-electron chi connectivity index (χ4n) is 5.30. The fourth-order valence-corrected chi connectivity index (χ4v) is 5.30. The van der Waals surface area contributed by atoms with Crippen molar-refractivity contribution in [3.63, 3.8) is 0 Å². The van der Waals surface area contributed by atoms with E-state index in [4.69, 9.17) is 0 Å². The van der Waals surface area contributed by atoms with Crippen LogP contribution in [0.3, 0.4) is 0 Å². The smallest absolute Gasteiger partial charge is 0.159 e. The molecule has 0 N–H and O–H groups in total. The summed E-state index contributed by atoms with van der Waals surface area (Å²) in [4.78, 5) is 0. The first-order valence-electron chi connectivity index (χ1n) is 11.8. The van der Waals surface area contributed by atoms with Crippen molar-refractivity contribution in [3.05, 3.63) is 47.5 Å². The van der Waals surface area contributed by atoms with Crippen molar-refractivity contribution in [2.45, 2.75) is 96.3 Å². The standard InChI is InChI=1S/C26H38F2/c1-2-3-4-5-6-20-7-9-21(10-8-20)11-12-22-13-15-23(16-14-22)24-17-18-25(27)26(28)19-24/h5-6,17-23H,2-4,7-16H2,1H3/b6-5+/t20-,21-,22-,23-. The highest BCUT2D eigenvalue weighted by molar-refractivity contribution is 5.22. The monoisotopic (exact) mass is 388 g/mol. The predicted molar refractivity (Wildman–Crippen MR) is 114 cm³/mol. The first kappa shape index (κ1) is 21.5. The Labute approximate surface area is 170 Å². The number of allylic oxidation sites excluding steroid dienone is 2. The Balaban J connectivity index is 1.33. The molecule has 2 aliphatic carbocycles. The van der Waals surface area contributed by atoms with Crippen LogP contribution >= 0.6 is 0 Å². The van der Waals surface area contributed by atoms with Crippen LogP contribution in [0.5, 0.6) is 0 Å². The number of unbranched alkanes of at least 4 members (excludes halogenated alkanes) is 2. The summed E-state index contributed by atoms with van der Waals surface area (Å²) in [6.45, 7) is 2.26. The maximum absolute atomic E-state index is 13.5.